The predicted molar refractivity (Wildman–Crippen MR) is 81.6 cm³/mol. The minimum Gasteiger partial charge on any atom is -0.366 e. The number of aromatic nitrogens is 4. The molecule has 0 aliphatic carbocycles. The van der Waals surface area contributed by atoms with Crippen molar-refractivity contribution in [1.29, 1.82) is 0 Å². The topological polar surface area (TPSA) is 118 Å². The van der Waals surface area contributed by atoms with Crippen LogP contribution in [0, 0.1) is 0 Å². The highest BCUT2D eigenvalue weighted by molar-refractivity contribution is 7.89. The molecule has 0 saturated carbocycles. The van der Waals surface area contributed by atoms with Crippen LogP contribution in [0.1, 0.15) is 12.8 Å². The van der Waals surface area contributed by atoms with Crippen LogP contribution in [-0.4, -0.2) is 46.0 Å². The molecule has 8 nitrogen and oxygen atoms in total. The number of nitrogens with zero attached hydrogens (tertiary/aromatic N) is 4. The summed E-state index contributed by atoms with van der Waals surface area (Å²) in [6.07, 6.45) is 1.81. The molecule has 0 radical (unpaired) electrons. The van der Waals surface area contributed by atoms with Crippen molar-refractivity contribution in [3.63, 3.8) is 0 Å². The van der Waals surface area contributed by atoms with E-state index in [4.69, 9.17) is 5.73 Å². The highest BCUT2D eigenvalue weighted by Crippen LogP contribution is 2.27. The number of hydrogen-bond donors (Lipinski definition) is 2. The van der Waals surface area contributed by atoms with Gasteiger partial charge < -0.3 is 10.7 Å². The van der Waals surface area contributed by atoms with Gasteiger partial charge in [0.2, 0.25) is 16.0 Å². The van der Waals surface area contributed by atoms with Crippen LogP contribution in [-0.2, 0) is 10.0 Å². The van der Waals surface area contributed by atoms with E-state index in [0.29, 0.717) is 29.6 Å². The van der Waals surface area contributed by atoms with E-state index < -0.39 is 10.0 Å². The van der Waals surface area contributed by atoms with Gasteiger partial charge in [-0.05, 0) is 31.0 Å². The van der Waals surface area contributed by atoms with Crippen LogP contribution in [0.4, 0.5) is 5.95 Å². The summed E-state index contributed by atoms with van der Waals surface area (Å²) in [4.78, 5) is 7.40. The summed E-state index contributed by atoms with van der Waals surface area (Å²) in [5.41, 5.74) is 7.29. The van der Waals surface area contributed by atoms with Crippen LogP contribution in [0.3, 0.4) is 0 Å². The van der Waals surface area contributed by atoms with Crippen molar-refractivity contribution in [2.45, 2.75) is 17.7 Å². The third kappa shape index (κ3) is 1.93. The molecule has 0 bridgehead atoms. The second kappa shape index (κ2) is 4.62. The summed E-state index contributed by atoms with van der Waals surface area (Å²) >= 11 is 0. The summed E-state index contributed by atoms with van der Waals surface area (Å²) < 4.78 is 26.8. The molecular weight excluding hydrogens is 304 g/mol. The molecule has 0 atom stereocenters. The predicted octanol–water partition coefficient (Wildman–Crippen LogP) is 0.873. The number of nitrogen functional groups attached to an aromatic ring is 1. The number of fused-ring (bicyclic) bond motifs is 3. The zero-order chi connectivity index (χ0) is 15.3. The van der Waals surface area contributed by atoms with Gasteiger partial charge in [0, 0.05) is 24.0 Å². The van der Waals surface area contributed by atoms with Crippen molar-refractivity contribution >= 4 is 38.0 Å². The Morgan fingerprint density at radius 1 is 1.18 bits per heavy atom. The lowest BCUT2D eigenvalue weighted by atomic mass is 10.2. The first kappa shape index (κ1) is 13.4. The monoisotopic (exact) mass is 318 g/mol. The highest BCUT2D eigenvalue weighted by atomic mass is 32.2. The number of anilines is 1. The number of rotatable bonds is 2. The van der Waals surface area contributed by atoms with E-state index >= 15 is 0 Å². The van der Waals surface area contributed by atoms with Crippen LogP contribution >= 0.6 is 0 Å². The maximum atomic E-state index is 12.6. The van der Waals surface area contributed by atoms with Gasteiger partial charge in [-0.25, -0.2) is 8.42 Å². The van der Waals surface area contributed by atoms with Crippen molar-refractivity contribution in [2.24, 2.45) is 0 Å². The summed E-state index contributed by atoms with van der Waals surface area (Å²) in [5.74, 6) is 0.0731. The van der Waals surface area contributed by atoms with Gasteiger partial charge in [-0.15, -0.1) is 10.2 Å². The van der Waals surface area contributed by atoms with Gasteiger partial charge in [-0.2, -0.15) is 9.29 Å². The standard InChI is InChI=1S/C13H14N6O2S/c14-13-16-12-11(17-18-13)9-7-8(3-4-10(9)15-12)22(20,21)19-5-1-2-6-19/h3-4,7H,1-2,5-6H2,(H3,14,15,16,18). The maximum absolute atomic E-state index is 12.6. The van der Waals surface area contributed by atoms with E-state index in [9.17, 15) is 8.42 Å². The molecule has 22 heavy (non-hydrogen) atoms. The van der Waals surface area contributed by atoms with Crippen LogP contribution < -0.4 is 5.73 Å². The second-order valence-electron chi connectivity index (χ2n) is 5.31. The number of nitrogens with two attached hydrogens (primary N) is 1. The zero-order valence-corrected chi connectivity index (χ0v) is 12.5. The molecule has 1 aromatic carbocycles. The first-order valence-corrected chi connectivity index (χ1v) is 8.41. The molecule has 0 spiro atoms. The normalized spacial score (nSPS) is 16.7. The molecule has 1 saturated heterocycles. The van der Waals surface area contributed by atoms with E-state index in [-0.39, 0.29) is 10.8 Å². The molecule has 0 unspecified atom stereocenters. The molecule has 2 aromatic heterocycles. The third-order valence-corrected chi connectivity index (χ3v) is 5.80. The molecule has 114 valence electrons. The first-order chi connectivity index (χ1) is 10.6. The van der Waals surface area contributed by atoms with Gasteiger partial charge in [0.25, 0.3) is 0 Å². The number of hydrogen-bond acceptors (Lipinski definition) is 6. The van der Waals surface area contributed by atoms with Gasteiger partial charge in [0.1, 0.15) is 5.52 Å². The second-order valence-corrected chi connectivity index (χ2v) is 7.25. The first-order valence-electron chi connectivity index (χ1n) is 6.97. The number of aromatic amines is 1. The van der Waals surface area contributed by atoms with Crippen molar-refractivity contribution < 1.29 is 8.42 Å². The van der Waals surface area contributed by atoms with Gasteiger partial charge in [-0.1, -0.05) is 0 Å². The molecule has 1 aliphatic rings. The fourth-order valence-corrected chi connectivity index (χ4v) is 4.34. The summed E-state index contributed by atoms with van der Waals surface area (Å²) in [7, 11) is -3.46. The minimum absolute atomic E-state index is 0.0731. The molecule has 3 heterocycles. The lowest BCUT2D eigenvalue weighted by Crippen LogP contribution is -2.27. The molecule has 0 amide bonds. The Hall–Kier alpha value is -2.26. The van der Waals surface area contributed by atoms with E-state index in [2.05, 4.69) is 20.2 Å². The number of H-pyrrole nitrogens is 1. The van der Waals surface area contributed by atoms with Crippen molar-refractivity contribution in [1.82, 2.24) is 24.5 Å². The maximum Gasteiger partial charge on any atom is 0.243 e. The van der Waals surface area contributed by atoms with E-state index in [0.717, 1.165) is 18.4 Å². The average molecular weight is 318 g/mol. The highest BCUT2D eigenvalue weighted by Gasteiger charge is 2.27. The Morgan fingerprint density at radius 2 is 1.95 bits per heavy atom. The molecular formula is C13H14N6O2S. The number of benzene rings is 1. The minimum atomic E-state index is -3.46. The Balaban J connectivity index is 1.91. The van der Waals surface area contributed by atoms with E-state index in [1.165, 1.54) is 4.31 Å². The summed E-state index contributed by atoms with van der Waals surface area (Å²) in [6.45, 7) is 1.15. The van der Waals surface area contributed by atoms with Crippen LogP contribution in [0.5, 0.6) is 0 Å². The Morgan fingerprint density at radius 3 is 2.73 bits per heavy atom. The van der Waals surface area contributed by atoms with E-state index in [1.807, 2.05) is 0 Å². The van der Waals surface area contributed by atoms with Gasteiger partial charge in [-0.3, -0.25) is 0 Å². The zero-order valence-electron chi connectivity index (χ0n) is 11.7. The SMILES string of the molecule is Nc1nnc2c(n1)[nH]c1ccc(S(=O)(=O)N3CCCC3)cc12. The molecule has 3 aromatic rings. The molecule has 3 N–H and O–H groups in total. The van der Waals surface area contributed by atoms with Gasteiger partial charge in [0.05, 0.1) is 4.90 Å². The number of nitrogens with one attached hydrogen (secondary N) is 1. The molecule has 9 heteroatoms. The molecule has 1 aliphatic heterocycles. The summed E-state index contributed by atoms with van der Waals surface area (Å²) in [6, 6.07) is 4.94. The smallest absolute Gasteiger partial charge is 0.243 e. The van der Waals surface area contributed by atoms with Crippen molar-refractivity contribution in [2.75, 3.05) is 18.8 Å². The fraction of sp³-hybridized carbons (Fsp3) is 0.308. The van der Waals surface area contributed by atoms with E-state index in [1.54, 1.807) is 18.2 Å². The van der Waals surface area contributed by atoms with Crippen LogP contribution in [0.2, 0.25) is 0 Å². The Bertz CT molecular complexity index is 975. The lowest BCUT2D eigenvalue weighted by Gasteiger charge is -2.15. The van der Waals surface area contributed by atoms with Gasteiger partial charge >= 0.3 is 0 Å². The molecule has 1 fully saturated rings. The Kier molecular flexibility index (Phi) is 2.81. The largest absolute Gasteiger partial charge is 0.366 e. The fourth-order valence-electron chi connectivity index (χ4n) is 2.80. The third-order valence-electron chi connectivity index (χ3n) is 3.91. The number of sulfonamides is 1. The quantitative estimate of drug-likeness (QED) is 0.724. The Labute approximate surface area is 126 Å². The van der Waals surface area contributed by atoms with Crippen LogP contribution in [0.25, 0.3) is 22.1 Å². The summed E-state index contributed by atoms with van der Waals surface area (Å²) in [5, 5.41) is 8.42. The van der Waals surface area contributed by atoms with Crippen molar-refractivity contribution in [3.05, 3.63) is 18.2 Å². The van der Waals surface area contributed by atoms with Gasteiger partial charge in [0.15, 0.2) is 5.65 Å². The average Bonchev–Trinajstić information content (AvgIpc) is 3.13. The molecule has 4 rings (SSSR count). The van der Waals surface area contributed by atoms with Crippen LogP contribution in [0.15, 0.2) is 23.1 Å². The lowest BCUT2D eigenvalue weighted by molar-refractivity contribution is 0.477. The van der Waals surface area contributed by atoms with Crippen molar-refractivity contribution in [3.8, 4) is 0 Å².